The number of ether oxygens (including phenoxy) is 2. The van der Waals surface area contributed by atoms with E-state index in [4.69, 9.17) is 4.74 Å². The summed E-state index contributed by atoms with van der Waals surface area (Å²) >= 11 is 0. The molecular weight excluding hydrogens is 344 g/mol. The van der Waals surface area contributed by atoms with Crippen LogP contribution in [0.3, 0.4) is 0 Å². The molecule has 142 valence electrons. The molecular formula is C17H23F2N5O2. The number of halogens is 2. The van der Waals surface area contributed by atoms with Crippen LogP contribution in [-0.4, -0.2) is 36.0 Å². The van der Waals surface area contributed by atoms with Gasteiger partial charge in [0.1, 0.15) is 11.5 Å². The smallest absolute Gasteiger partial charge is 0.387 e. The number of hydrogen-bond donors (Lipinski definition) is 2. The van der Waals surface area contributed by atoms with Gasteiger partial charge in [-0.15, -0.1) is 0 Å². The van der Waals surface area contributed by atoms with Crippen LogP contribution in [0.1, 0.15) is 18.2 Å². The van der Waals surface area contributed by atoms with Gasteiger partial charge in [-0.25, -0.2) is 4.99 Å². The summed E-state index contributed by atoms with van der Waals surface area (Å²) < 4.78 is 36.7. The van der Waals surface area contributed by atoms with Crippen molar-refractivity contribution in [2.75, 3.05) is 13.7 Å². The lowest BCUT2D eigenvalue weighted by Gasteiger charge is -2.13. The number of aliphatic imine (C=N–C) groups is 1. The Morgan fingerprint density at radius 2 is 2.12 bits per heavy atom. The molecule has 2 aromatic rings. The molecule has 0 radical (unpaired) electrons. The molecule has 0 atom stereocenters. The highest BCUT2D eigenvalue weighted by Crippen LogP contribution is 2.27. The number of hydrogen-bond acceptors (Lipinski definition) is 4. The van der Waals surface area contributed by atoms with Crippen molar-refractivity contribution in [1.82, 2.24) is 20.4 Å². The quantitative estimate of drug-likeness (QED) is 0.553. The molecule has 0 amide bonds. The molecule has 0 unspecified atom stereocenters. The Morgan fingerprint density at radius 3 is 2.73 bits per heavy atom. The average Bonchev–Trinajstić information content (AvgIpc) is 3.02. The molecule has 26 heavy (non-hydrogen) atoms. The summed E-state index contributed by atoms with van der Waals surface area (Å²) in [5, 5.41) is 10.4. The largest absolute Gasteiger partial charge is 0.497 e. The van der Waals surface area contributed by atoms with Crippen molar-refractivity contribution >= 4 is 5.96 Å². The topological polar surface area (TPSA) is 72.7 Å². The van der Waals surface area contributed by atoms with Crippen molar-refractivity contribution in [3.05, 3.63) is 41.7 Å². The van der Waals surface area contributed by atoms with Gasteiger partial charge in [0.15, 0.2) is 5.96 Å². The molecule has 0 saturated heterocycles. The maximum absolute atomic E-state index is 12.6. The summed E-state index contributed by atoms with van der Waals surface area (Å²) in [5.74, 6) is 1.05. The summed E-state index contributed by atoms with van der Waals surface area (Å²) in [7, 11) is 3.32. The van der Waals surface area contributed by atoms with Crippen LogP contribution in [0.25, 0.3) is 0 Å². The van der Waals surface area contributed by atoms with E-state index in [1.165, 1.54) is 13.2 Å². The number of nitrogens with one attached hydrogen (secondary N) is 2. The molecule has 0 spiro atoms. The zero-order chi connectivity index (χ0) is 18.9. The summed E-state index contributed by atoms with van der Waals surface area (Å²) in [6.45, 7) is 0.402. The van der Waals surface area contributed by atoms with Crippen molar-refractivity contribution < 1.29 is 18.3 Å². The van der Waals surface area contributed by atoms with Crippen molar-refractivity contribution in [2.24, 2.45) is 12.0 Å². The lowest BCUT2D eigenvalue weighted by molar-refractivity contribution is -0.0505. The van der Waals surface area contributed by atoms with Crippen LogP contribution in [0.4, 0.5) is 8.78 Å². The van der Waals surface area contributed by atoms with Crippen LogP contribution in [0.2, 0.25) is 0 Å². The van der Waals surface area contributed by atoms with Gasteiger partial charge in [-0.3, -0.25) is 4.68 Å². The predicted octanol–water partition coefficient (Wildman–Crippen LogP) is 2.29. The van der Waals surface area contributed by atoms with Crippen molar-refractivity contribution in [2.45, 2.75) is 26.6 Å². The van der Waals surface area contributed by atoms with Crippen molar-refractivity contribution in [1.29, 1.82) is 0 Å². The molecule has 1 aromatic carbocycles. The molecule has 7 nitrogen and oxygen atoms in total. The minimum absolute atomic E-state index is 0.0468. The Bertz CT molecular complexity index is 734. The molecule has 0 saturated carbocycles. The van der Waals surface area contributed by atoms with Crippen LogP contribution in [0, 0.1) is 0 Å². The highest BCUT2D eigenvalue weighted by molar-refractivity contribution is 5.79. The number of nitrogens with zero attached hydrogens (tertiary/aromatic N) is 3. The molecule has 1 aromatic heterocycles. The van der Waals surface area contributed by atoms with E-state index in [9.17, 15) is 8.78 Å². The van der Waals surface area contributed by atoms with Crippen LogP contribution < -0.4 is 20.1 Å². The number of aryl methyl sites for hydroxylation is 1. The number of methoxy groups -OCH3 is 1. The fourth-order valence-electron chi connectivity index (χ4n) is 2.25. The second-order valence-corrected chi connectivity index (χ2v) is 5.35. The maximum atomic E-state index is 12.6. The fourth-order valence-corrected chi connectivity index (χ4v) is 2.25. The van der Waals surface area contributed by atoms with Gasteiger partial charge in [-0.1, -0.05) is 0 Å². The first-order valence-electron chi connectivity index (χ1n) is 8.14. The number of aromatic nitrogens is 2. The first-order chi connectivity index (χ1) is 12.5. The van der Waals surface area contributed by atoms with E-state index in [-0.39, 0.29) is 12.3 Å². The third-order valence-corrected chi connectivity index (χ3v) is 3.60. The summed E-state index contributed by atoms with van der Waals surface area (Å²) in [6.07, 6.45) is 1.71. The van der Waals surface area contributed by atoms with Gasteiger partial charge in [0.2, 0.25) is 0 Å². The summed E-state index contributed by atoms with van der Waals surface area (Å²) in [5.41, 5.74) is 1.52. The standard InChI is InChI=1S/C17H23F2N5O2/c1-4-20-17(22-11-13-7-8-23-24(13)2)21-10-12-5-6-14(25-3)9-15(12)26-16(18)19/h5-9,16H,4,10-11H2,1-3H3,(H2,20,21,22). The van der Waals surface area contributed by atoms with E-state index in [0.29, 0.717) is 30.4 Å². The molecule has 0 aliphatic heterocycles. The maximum Gasteiger partial charge on any atom is 0.387 e. The van der Waals surface area contributed by atoms with Crippen LogP contribution in [0.5, 0.6) is 11.5 Å². The molecule has 9 heteroatoms. The third-order valence-electron chi connectivity index (χ3n) is 3.60. The third kappa shape index (κ3) is 5.61. The zero-order valence-corrected chi connectivity index (χ0v) is 15.0. The van der Waals surface area contributed by atoms with Crippen LogP contribution in [0.15, 0.2) is 35.5 Å². The second kappa shape index (κ2) is 9.59. The molecule has 0 aliphatic rings. The average molecular weight is 367 g/mol. The monoisotopic (exact) mass is 367 g/mol. The van der Waals surface area contributed by atoms with Gasteiger partial charge in [-0.05, 0) is 25.1 Å². The van der Waals surface area contributed by atoms with Gasteiger partial charge in [0.05, 0.1) is 25.9 Å². The van der Waals surface area contributed by atoms with Crippen molar-refractivity contribution in [3.63, 3.8) is 0 Å². The molecule has 1 heterocycles. The molecule has 0 aliphatic carbocycles. The molecule has 0 fully saturated rings. The Labute approximate surface area is 151 Å². The van der Waals surface area contributed by atoms with E-state index in [1.54, 1.807) is 23.0 Å². The van der Waals surface area contributed by atoms with E-state index >= 15 is 0 Å². The first-order valence-corrected chi connectivity index (χ1v) is 8.14. The Morgan fingerprint density at radius 1 is 1.31 bits per heavy atom. The highest BCUT2D eigenvalue weighted by atomic mass is 19.3. The zero-order valence-electron chi connectivity index (χ0n) is 15.0. The van der Waals surface area contributed by atoms with Crippen LogP contribution >= 0.6 is 0 Å². The minimum atomic E-state index is -2.92. The fraction of sp³-hybridized carbons (Fsp3) is 0.412. The number of guanidine groups is 1. The Kier molecular flexibility index (Phi) is 7.19. The van der Waals surface area contributed by atoms with E-state index < -0.39 is 6.61 Å². The normalized spacial score (nSPS) is 11.5. The van der Waals surface area contributed by atoms with E-state index in [1.807, 2.05) is 20.0 Å². The number of alkyl halides is 2. The van der Waals surface area contributed by atoms with Crippen molar-refractivity contribution in [3.8, 4) is 11.5 Å². The van der Waals surface area contributed by atoms with Gasteiger partial charge in [0.25, 0.3) is 0 Å². The first kappa shape index (κ1) is 19.5. The summed E-state index contributed by atoms with van der Waals surface area (Å²) in [6, 6.07) is 6.66. The molecule has 2 rings (SSSR count). The lowest BCUT2D eigenvalue weighted by Crippen LogP contribution is -2.37. The molecule has 0 bridgehead atoms. The van der Waals surface area contributed by atoms with Gasteiger partial charge >= 0.3 is 6.61 Å². The van der Waals surface area contributed by atoms with Crippen LogP contribution in [-0.2, 0) is 20.1 Å². The number of rotatable bonds is 8. The number of benzene rings is 1. The van der Waals surface area contributed by atoms with Gasteiger partial charge in [0, 0.05) is 31.4 Å². The van der Waals surface area contributed by atoms with E-state index in [2.05, 4.69) is 25.5 Å². The van der Waals surface area contributed by atoms with E-state index in [0.717, 1.165) is 5.69 Å². The Balaban J connectivity index is 2.11. The second-order valence-electron chi connectivity index (χ2n) is 5.35. The van der Waals surface area contributed by atoms with Gasteiger partial charge < -0.3 is 20.1 Å². The lowest BCUT2D eigenvalue weighted by atomic mass is 10.2. The summed E-state index contributed by atoms with van der Waals surface area (Å²) in [4.78, 5) is 4.44. The predicted molar refractivity (Wildman–Crippen MR) is 94.5 cm³/mol. The minimum Gasteiger partial charge on any atom is -0.497 e. The Hall–Kier alpha value is -2.84. The SMILES string of the molecule is CCNC(=NCc1ccc(OC)cc1OC(F)F)NCc1ccnn1C. The molecule has 2 N–H and O–H groups in total. The highest BCUT2D eigenvalue weighted by Gasteiger charge is 2.11. The van der Waals surface area contributed by atoms with Gasteiger partial charge in [-0.2, -0.15) is 13.9 Å².